The lowest BCUT2D eigenvalue weighted by molar-refractivity contribution is -0.144. The summed E-state index contributed by atoms with van der Waals surface area (Å²) in [6, 6.07) is 16.1. The Bertz CT molecular complexity index is 2430. The third-order valence-electron chi connectivity index (χ3n) is 13.8. The van der Waals surface area contributed by atoms with Gasteiger partial charge in [0.05, 0.1) is 12.7 Å². The molecule has 7 rings (SSSR count). The van der Waals surface area contributed by atoms with Crippen LogP contribution in [0.2, 0.25) is 0 Å². The number of amides is 4. The van der Waals surface area contributed by atoms with Gasteiger partial charge in [0, 0.05) is 114 Å². The fourth-order valence-electron chi connectivity index (χ4n) is 9.29. The van der Waals surface area contributed by atoms with Crippen LogP contribution < -0.4 is 25.6 Å². The molecule has 4 amide bonds. The third-order valence-corrected chi connectivity index (χ3v) is 14.9. The van der Waals surface area contributed by atoms with Gasteiger partial charge in [-0.3, -0.25) is 19.2 Å². The minimum absolute atomic E-state index is 0.00462. The van der Waals surface area contributed by atoms with E-state index >= 15 is 0 Å². The number of likely N-dealkylation sites (tertiary alicyclic amines) is 1. The first-order valence-corrected chi connectivity index (χ1v) is 27.4. The van der Waals surface area contributed by atoms with E-state index < -0.39 is 35.4 Å². The van der Waals surface area contributed by atoms with Crippen LogP contribution in [0.3, 0.4) is 0 Å². The first-order valence-electron chi connectivity index (χ1n) is 26.5. The fourth-order valence-corrected chi connectivity index (χ4v) is 10.2. The van der Waals surface area contributed by atoms with Gasteiger partial charge < -0.3 is 54.7 Å². The Labute approximate surface area is 441 Å². The minimum Gasteiger partial charge on any atom is -0.494 e. The zero-order chi connectivity index (χ0) is 52.5. The first kappa shape index (κ1) is 56.1. The zero-order valence-electron chi connectivity index (χ0n) is 44.1. The molecule has 3 aliphatic rings. The lowest BCUT2D eigenvalue weighted by atomic mass is 9.84. The van der Waals surface area contributed by atoms with Crippen molar-refractivity contribution in [2.45, 2.75) is 117 Å². The van der Waals surface area contributed by atoms with E-state index in [1.54, 1.807) is 11.3 Å². The predicted molar refractivity (Wildman–Crippen MR) is 288 cm³/mol. The molecule has 0 spiro atoms. The Morgan fingerprint density at radius 1 is 0.892 bits per heavy atom. The number of hydrogen-bond donors (Lipinski definition) is 4. The Morgan fingerprint density at radius 2 is 1.59 bits per heavy atom. The van der Waals surface area contributed by atoms with Crippen molar-refractivity contribution in [3.8, 4) is 16.2 Å². The second-order valence-electron chi connectivity index (χ2n) is 20.8. The van der Waals surface area contributed by atoms with Crippen molar-refractivity contribution in [3.63, 3.8) is 0 Å². The fraction of sp³-hybridized carbons (Fsp3) is 0.571. The highest BCUT2D eigenvalue weighted by molar-refractivity contribution is 7.13. The maximum Gasteiger partial charge on any atom is 0.246 e. The maximum atomic E-state index is 14.0. The molecule has 18 heteroatoms. The number of β-amino-alcohol motifs (C(OH)–C–C–N with tert-alkyl or cyclic N) is 1. The van der Waals surface area contributed by atoms with Crippen LogP contribution in [-0.2, 0) is 46.4 Å². The number of ether oxygens (including phenoxy) is 4. The molecule has 4 aromatic rings. The lowest BCUT2D eigenvalue weighted by Gasteiger charge is -2.35. The molecule has 0 bridgehead atoms. The van der Waals surface area contributed by atoms with Gasteiger partial charge in [-0.2, -0.15) is 4.98 Å². The van der Waals surface area contributed by atoms with E-state index in [9.17, 15) is 24.3 Å². The molecule has 17 nitrogen and oxygen atoms in total. The number of thiophene rings is 1. The number of aliphatic hydroxyl groups is 1. The van der Waals surface area contributed by atoms with Crippen molar-refractivity contribution in [1.82, 2.24) is 30.4 Å². The smallest absolute Gasteiger partial charge is 0.246 e. The quantitative estimate of drug-likeness (QED) is 0.0404. The summed E-state index contributed by atoms with van der Waals surface area (Å²) in [6.07, 6.45) is 9.34. The number of unbranched alkanes of at least 4 members (excludes halogenated alkanes) is 1. The molecule has 1 saturated heterocycles. The first-order chi connectivity index (χ1) is 35.7. The van der Waals surface area contributed by atoms with Gasteiger partial charge in [0.1, 0.15) is 30.3 Å². The number of nitrogens with one attached hydrogen (secondary N) is 3. The van der Waals surface area contributed by atoms with Gasteiger partial charge in [0.25, 0.3) is 0 Å². The number of aliphatic hydroxyl groups excluding tert-OH is 1. The SMILES string of the molecule is Cc1ccsc1-c1ccc(CNC(=O)[C@@H]2C[C@@H](O)CN2C(=O)[C@@H](NC(=O)COCCCOCCCCOCCCOc2ccc(Nc3ncc4c(n3)N(CCCN(C)C(=O)C3CCC3)CC4)cc2)C(C)(C)C)cc1. The highest BCUT2D eigenvalue weighted by Crippen LogP contribution is 2.32. The van der Waals surface area contributed by atoms with Crippen molar-refractivity contribution in [1.29, 1.82) is 0 Å². The number of hydrogen-bond acceptors (Lipinski definition) is 14. The molecule has 2 aromatic carbocycles. The largest absolute Gasteiger partial charge is 0.494 e. The molecule has 1 aliphatic carbocycles. The molecule has 4 heterocycles. The number of nitrogens with zero attached hydrogens (tertiary/aromatic N) is 5. The Morgan fingerprint density at radius 3 is 2.27 bits per heavy atom. The number of anilines is 3. The van der Waals surface area contributed by atoms with E-state index in [1.165, 1.54) is 21.8 Å². The zero-order valence-corrected chi connectivity index (χ0v) is 44.9. The highest BCUT2D eigenvalue weighted by Gasteiger charge is 2.44. The van der Waals surface area contributed by atoms with Crippen molar-refractivity contribution in [2.75, 3.05) is 89.7 Å². The van der Waals surface area contributed by atoms with Gasteiger partial charge in [-0.05, 0) is 110 Å². The average molecular weight is 1040 g/mol. The van der Waals surface area contributed by atoms with E-state index in [1.807, 2.05) is 87.4 Å². The van der Waals surface area contributed by atoms with Crippen molar-refractivity contribution < 1.29 is 43.2 Å². The molecule has 74 heavy (non-hydrogen) atoms. The van der Waals surface area contributed by atoms with Crippen LogP contribution in [0.4, 0.5) is 17.5 Å². The van der Waals surface area contributed by atoms with Crippen LogP contribution in [0.5, 0.6) is 5.75 Å². The summed E-state index contributed by atoms with van der Waals surface area (Å²) in [5.74, 6) is 1.61. The Hall–Kier alpha value is -5.66. The molecule has 3 atom stereocenters. The maximum absolute atomic E-state index is 14.0. The average Bonchev–Trinajstić information content (AvgIpc) is 4.11. The molecule has 0 unspecified atom stereocenters. The number of carbonyl (C=O) groups excluding carboxylic acids is 4. The van der Waals surface area contributed by atoms with Crippen LogP contribution in [0.25, 0.3) is 10.4 Å². The van der Waals surface area contributed by atoms with Gasteiger partial charge in [-0.25, -0.2) is 4.98 Å². The van der Waals surface area contributed by atoms with E-state index in [0.29, 0.717) is 52.0 Å². The van der Waals surface area contributed by atoms with Crippen molar-refractivity contribution in [2.24, 2.45) is 11.3 Å². The topological polar surface area (TPSA) is 197 Å². The van der Waals surface area contributed by atoms with Crippen molar-refractivity contribution >= 4 is 52.4 Å². The number of carbonyl (C=O) groups is 4. The summed E-state index contributed by atoms with van der Waals surface area (Å²) in [6.45, 7) is 13.4. The van der Waals surface area contributed by atoms with E-state index in [0.717, 1.165) is 98.5 Å². The Kier molecular flexibility index (Phi) is 21.0. The second kappa shape index (κ2) is 27.8. The standard InChI is InChI=1S/C56H78N8O9S/c1-39-23-33-74-49(39)41-16-14-40(15-17-41)35-57-52(67)47-34-45(65)37-64(47)54(69)50(56(2,3)4)60-48(66)38-72-31-10-29-70-27-6-7-28-71-30-11-32-73-46-20-18-44(19-21-46)59-55-58-36-43-22-26-63(51(43)61-55)25-9-24-62(5)53(68)42-12-8-13-42/h14-21,23,33,36,42,45,47,50,65H,6-13,22,24-32,34-35,37-38H2,1-5H3,(H,57,67)(H,60,66)(H,58,59,61)/t45-,47+,50-/m1/s1. The molecule has 0 radical (unpaired) electrons. The highest BCUT2D eigenvalue weighted by atomic mass is 32.1. The van der Waals surface area contributed by atoms with Crippen LogP contribution in [0.1, 0.15) is 95.2 Å². The normalized spacial score (nSPS) is 16.9. The molecule has 402 valence electrons. The number of aromatic nitrogens is 2. The molecule has 1 saturated carbocycles. The van der Waals surface area contributed by atoms with E-state index in [4.69, 9.17) is 23.9 Å². The van der Waals surface area contributed by atoms with Gasteiger partial charge in [0.15, 0.2) is 0 Å². The monoisotopic (exact) mass is 1040 g/mol. The summed E-state index contributed by atoms with van der Waals surface area (Å²) in [4.78, 5) is 69.1. The van der Waals surface area contributed by atoms with Gasteiger partial charge in [-0.15, -0.1) is 11.3 Å². The third kappa shape index (κ3) is 16.4. The van der Waals surface area contributed by atoms with Gasteiger partial charge >= 0.3 is 0 Å². The van der Waals surface area contributed by atoms with Crippen molar-refractivity contribution in [3.05, 3.63) is 82.9 Å². The molecule has 2 fully saturated rings. The summed E-state index contributed by atoms with van der Waals surface area (Å²) in [7, 11) is 1.92. The predicted octanol–water partition coefficient (Wildman–Crippen LogP) is 7.07. The lowest BCUT2D eigenvalue weighted by Crippen LogP contribution is -2.58. The van der Waals surface area contributed by atoms with Gasteiger partial charge in [0.2, 0.25) is 29.6 Å². The summed E-state index contributed by atoms with van der Waals surface area (Å²) in [5, 5.41) is 21.7. The molecule has 2 aromatic heterocycles. The second-order valence-corrected chi connectivity index (χ2v) is 21.7. The molecular weight excluding hydrogens is 961 g/mol. The number of rotatable bonds is 29. The van der Waals surface area contributed by atoms with Crippen LogP contribution in [0, 0.1) is 18.3 Å². The van der Waals surface area contributed by atoms with E-state index in [-0.39, 0.29) is 43.8 Å². The summed E-state index contributed by atoms with van der Waals surface area (Å²) < 4.78 is 23.1. The van der Waals surface area contributed by atoms with Crippen LogP contribution >= 0.6 is 11.3 Å². The molecular formula is C56H78N8O9S. The molecule has 4 N–H and O–H groups in total. The number of fused-ring (bicyclic) bond motifs is 1. The molecule has 2 aliphatic heterocycles. The number of benzene rings is 2. The summed E-state index contributed by atoms with van der Waals surface area (Å²) in [5.41, 5.74) is 4.61. The Balaban J connectivity index is 0.689. The van der Waals surface area contributed by atoms with Crippen LogP contribution in [0.15, 0.2) is 66.2 Å². The van der Waals surface area contributed by atoms with Gasteiger partial charge in [-0.1, -0.05) is 51.5 Å². The summed E-state index contributed by atoms with van der Waals surface area (Å²) >= 11 is 1.69. The van der Waals surface area contributed by atoms with E-state index in [2.05, 4.69) is 44.2 Å². The number of aryl methyl sites for hydroxylation is 1. The minimum atomic E-state index is -0.933. The van der Waals surface area contributed by atoms with Crippen LogP contribution in [-0.4, -0.2) is 146 Å².